The minimum Gasteiger partial charge on any atom is -0.490 e. The predicted molar refractivity (Wildman–Crippen MR) is 105 cm³/mol. The minimum absolute atomic E-state index is 0.0624. The molecule has 0 heterocycles. The van der Waals surface area contributed by atoms with Crippen LogP contribution >= 0.6 is 15.9 Å². The fraction of sp³-hybridized carbons (Fsp3) is 0.300. The van der Waals surface area contributed by atoms with Crippen LogP contribution in [0.5, 0.6) is 11.5 Å². The molecule has 0 saturated heterocycles. The van der Waals surface area contributed by atoms with Crippen LogP contribution in [0.1, 0.15) is 35.3 Å². The molecule has 2 aromatic rings. The van der Waals surface area contributed by atoms with Gasteiger partial charge in [-0.05, 0) is 49.2 Å². The summed E-state index contributed by atoms with van der Waals surface area (Å²) in [4.78, 5) is 23.4. The lowest BCUT2D eigenvalue weighted by atomic mass is 10.1. The SMILES string of the molecule is CCOc1cc(Br)c(CC(=O)OCc2cccc(C(N)=O)c2)cc1OCC. The molecule has 0 spiro atoms. The number of esters is 1. The molecule has 2 rings (SSSR count). The average Bonchev–Trinajstić information content (AvgIpc) is 2.64. The lowest BCUT2D eigenvalue weighted by Crippen LogP contribution is -2.12. The van der Waals surface area contributed by atoms with Crippen molar-refractivity contribution in [2.75, 3.05) is 13.2 Å². The van der Waals surface area contributed by atoms with E-state index in [1.54, 1.807) is 36.4 Å². The van der Waals surface area contributed by atoms with Crippen LogP contribution in [0, 0.1) is 0 Å². The van der Waals surface area contributed by atoms with Gasteiger partial charge >= 0.3 is 5.97 Å². The maximum absolute atomic E-state index is 12.2. The Morgan fingerprint density at radius 3 is 2.33 bits per heavy atom. The van der Waals surface area contributed by atoms with Crippen molar-refractivity contribution in [1.29, 1.82) is 0 Å². The quantitative estimate of drug-likeness (QED) is 0.607. The van der Waals surface area contributed by atoms with E-state index in [4.69, 9.17) is 19.9 Å². The van der Waals surface area contributed by atoms with Crippen LogP contribution in [0.15, 0.2) is 40.9 Å². The van der Waals surface area contributed by atoms with Gasteiger partial charge in [0.05, 0.1) is 19.6 Å². The summed E-state index contributed by atoms with van der Waals surface area (Å²) in [5.74, 6) is 0.280. The van der Waals surface area contributed by atoms with Crippen LogP contribution < -0.4 is 15.2 Å². The fourth-order valence-corrected chi connectivity index (χ4v) is 2.90. The third-order valence-corrected chi connectivity index (χ3v) is 4.40. The molecule has 2 N–H and O–H groups in total. The number of ether oxygens (including phenoxy) is 3. The molecule has 0 saturated carbocycles. The summed E-state index contributed by atoms with van der Waals surface area (Å²) in [5, 5.41) is 0. The van der Waals surface area contributed by atoms with E-state index in [0.29, 0.717) is 35.8 Å². The smallest absolute Gasteiger partial charge is 0.310 e. The van der Waals surface area contributed by atoms with Crippen LogP contribution in [-0.2, 0) is 22.6 Å². The molecular weight excluding hydrogens is 414 g/mol. The number of halogens is 1. The van der Waals surface area contributed by atoms with Gasteiger partial charge in [0.15, 0.2) is 11.5 Å². The standard InChI is InChI=1S/C20H22BrNO5/c1-3-25-17-9-15(16(21)11-18(17)26-4-2)10-19(23)27-12-13-6-5-7-14(8-13)20(22)24/h5-9,11H,3-4,10,12H2,1-2H3,(H2,22,24). The Kier molecular flexibility index (Phi) is 7.67. The highest BCUT2D eigenvalue weighted by molar-refractivity contribution is 9.10. The van der Waals surface area contributed by atoms with Gasteiger partial charge in [-0.2, -0.15) is 0 Å². The topological polar surface area (TPSA) is 87.9 Å². The van der Waals surface area contributed by atoms with Crippen LogP contribution in [-0.4, -0.2) is 25.1 Å². The summed E-state index contributed by atoms with van der Waals surface area (Å²) < 4.78 is 17.2. The van der Waals surface area contributed by atoms with Crippen molar-refractivity contribution < 1.29 is 23.8 Å². The Bertz CT molecular complexity index is 822. The van der Waals surface area contributed by atoms with E-state index in [1.807, 2.05) is 13.8 Å². The van der Waals surface area contributed by atoms with Crippen molar-refractivity contribution in [2.24, 2.45) is 5.73 Å². The number of hydrogen-bond donors (Lipinski definition) is 1. The monoisotopic (exact) mass is 435 g/mol. The molecule has 2 aromatic carbocycles. The molecular formula is C20H22BrNO5. The molecule has 0 aliphatic heterocycles. The number of primary amides is 1. The molecule has 0 aromatic heterocycles. The number of carbonyl (C=O) groups is 2. The first kappa shape index (κ1) is 20.8. The van der Waals surface area contributed by atoms with E-state index in [1.165, 1.54) is 0 Å². The highest BCUT2D eigenvalue weighted by Gasteiger charge is 2.14. The average molecular weight is 436 g/mol. The first-order valence-corrected chi connectivity index (χ1v) is 9.36. The maximum Gasteiger partial charge on any atom is 0.310 e. The molecule has 6 nitrogen and oxygen atoms in total. The van der Waals surface area contributed by atoms with Crippen molar-refractivity contribution in [2.45, 2.75) is 26.9 Å². The molecule has 1 amide bonds. The van der Waals surface area contributed by atoms with Crippen LogP contribution in [0.4, 0.5) is 0 Å². The lowest BCUT2D eigenvalue weighted by Gasteiger charge is -2.14. The lowest BCUT2D eigenvalue weighted by molar-refractivity contribution is -0.144. The number of hydrogen-bond acceptors (Lipinski definition) is 5. The Morgan fingerprint density at radius 1 is 1.04 bits per heavy atom. The zero-order valence-electron chi connectivity index (χ0n) is 15.3. The normalized spacial score (nSPS) is 10.3. The van der Waals surface area contributed by atoms with Crippen molar-refractivity contribution >= 4 is 27.8 Å². The molecule has 0 fully saturated rings. The summed E-state index contributed by atoms with van der Waals surface area (Å²) in [6, 6.07) is 10.2. The van der Waals surface area contributed by atoms with E-state index in [-0.39, 0.29) is 13.0 Å². The Labute approximate surface area is 166 Å². The van der Waals surface area contributed by atoms with Crippen molar-refractivity contribution in [3.63, 3.8) is 0 Å². The van der Waals surface area contributed by atoms with Crippen LogP contribution in [0.2, 0.25) is 0 Å². The van der Waals surface area contributed by atoms with Gasteiger partial charge in [0.25, 0.3) is 0 Å². The third-order valence-electron chi connectivity index (χ3n) is 3.66. The largest absolute Gasteiger partial charge is 0.490 e. The van der Waals surface area contributed by atoms with Gasteiger partial charge in [0.1, 0.15) is 6.61 Å². The summed E-state index contributed by atoms with van der Waals surface area (Å²) in [5.41, 5.74) is 7.06. The molecule has 27 heavy (non-hydrogen) atoms. The van der Waals surface area contributed by atoms with Gasteiger partial charge in [-0.25, -0.2) is 0 Å². The third kappa shape index (κ3) is 5.99. The van der Waals surface area contributed by atoms with Crippen molar-refractivity contribution in [1.82, 2.24) is 0 Å². The molecule has 0 bridgehead atoms. The van der Waals surface area contributed by atoms with E-state index in [2.05, 4.69) is 15.9 Å². The van der Waals surface area contributed by atoms with E-state index >= 15 is 0 Å². The molecule has 0 unspecified atom stereocenters. The summed E-state index contributed by atoms with van der Waals surface area (Å²) in [6.07, 6.45) is 0.0720. The van der Waals surface area contributed by atoms with Crippen LogP contribution in [0.25, 0.3) is 0 Å². The van der Waals surface area contributed by atoms with Gasteiger partial charge in [0, 0.05) is 10.0 Å². The summed E-state index contributed by atoms with van der Waals surface area (Å²) in [6.45, 7) is 4.83. The second kappa shape index (κ2) is 9.97. The van der Waals surface area contributed by atoms with E-state index in [9.17, 15) is 9.59 Å². The van der Waals surface area contributed by atoms with Gasteiger partial charge in [-0.1, -0.05) is 28.1 Å². The summed E-state index contributed by atoms with van der Waals surface area (Å²) >= 11 is 3.46. The molecule has 7 heteroatoms. The highest BCUT2D eigenvalue weighted by Crippen LogP contribution is 2.34. The zero-order valence-corrected chi connectivity index (χ0v) is 16.9. The number of rotatable bonds is 9. The minimum atomic E-state index is -0.523. The van der Waals surface area contributed by atoms with Gasteiger partial charge in [-0.15, -0.1) is 0 Å². The molecule has 0 radical (unpaired) electrons. The fourth-order valence-electron chi connectivity index (χ4n) is 2.43. The zero-order chi connectivity index (χ0) is 19.8. The van der Waals surface area contributed by atoms with E-state index in [0.717, 1.165) is 10.0 Å². The molecule has 144 valence electrons. The van der Waals surface area contributed by atoms with Gasteiger partial charge in [0.2, 0.25) is 5.91 Å². The first-order chi connectivity index (χ1) is 12.9. The van der Waals surface area contributed by atoms with E-state index < -0.39 is 11.9 Å². The maximum atomic E-state index is 12.2. The predicted octanol–water partition coefficient (Wildman–Crippen LogP) is 3.63. The Morgan fingerprint density at radius 2 is 1.70 bits per heavy atom. The number of amides is 1. The van der Waals surface area contributed by atoms with Gasteiger partial charge < -0.3 is 19.9 Å². The first-order valence-electron chi connectivity index (χ1n) is 8.57. The second-order valence-electron chi connectivity index (χ2n) is 5.66. The molecule has 0 aliphatic carbocycles. The van der Waals surface area contributed by atoms with Crippen molar-refractivity contribution in [3.8, 4) is 11.5 Å². The molecule has 0 atom stereocenters. The highest BCUT2D eigenvalue weighted by atomic mass is 79.9. The van der Waals surface area contributed by atoms with Crippen LogP contribution in [0.3, 0.4) is 0 Å². The second-order valence-corrected chi connectivity index (χ2v) is 6.51. The number of carbonyl (C=O) groups excluding carboxylic acids is 2. The summed E-state index contributed by atoms with van der Waals surface area (Å²) in [7, 11) is 0. The van der Waals surface area contributed by atoms with Gasteiger partial charge in [-0.3, -0.25) is 9.59 Å². The number of nitrogens with two attached hydrogens (primary N) is 1. The molecule has 0 aliphatic rings. The van der Waals surface area contributed by atoms with Crippen molar-refractivity contribution in [3.05, 3.63) is 57.6 Å². The number of benzene rings is 2. The Balaban J connectivity index is 2.05. The Hall–Kier alpha value is -2.54.